The van der Waals surface area contributed by atoms with Crippen molar-refractivity contribution in [3.05, 3.63) is 41.7 Å². The van der Waals surface area contributed by atoms with E-state index in [1.165, 1.54) is 5.56 Å². The first kappa shape index (κ1) is 10.1. The zero-order valence-corrected chi connectivity index (χ0v) is 8.89. The minimum atomic E-state index is 0.516. The lowest BCUT2D eigenvalue weighted by molar-refractivity contribution is -0.105. The van der Waals surface area contributed by atoms with E-state index in [1.54, 1.807) is 6.20 Å². The second-order valence-corrected chi connectivity index (χ2v) is 4.21. The van der Waals surface area contributed by atoms with Crippen LogP contribution in [0, 0.1) is 5.92 Å². The SMILES string of the molecule is C[C@H]1CC(C=O)=CCC1c1cccnc1. The van der Waals surface area contributed by atoms with E-state index in [-0.39, 0.29) is 0 Å². The van der Waals surface area contributed by atoms with Gasteiger partial charge >= 0.3 is 0 Å². The van der Waals surface area contributed by atoms with E-state index in [0.29, 0.717) is 11.8 Å². The summed E-state index contributed by atoms with van der Waals surface area (Å²) in [6, 6.07) is 4.09. The molecule has 2 heteroatoms. The van der Waals surface area contributed by atoms with Gasteiger partial charge in [0.15, 0.2) is 0 Å². The van der Waals surface area contributed by atoms with E-state index in [9.17, 15) is 4.79 Å². The molecule has 1 aromatic heterocycles. The lowest BCUT2D eigenvalue weighted by Crippen LogP contribution is -2.15. The Bertz CT molecular complexity index is 369. The van der Waals surface area contributed by atoms with Crippen molar-refractivity contribution in [1.29, 1.82) is 0 Å². The summed E-state index contributed by atoms with van der Waals surface area (Å²) in [5.41, 5.74) is 2.23. The van der Waals surface area contributed by atoms with Gasteiger partial charge in [-0.3, -0.25) is 9.78 Å². The van der Waals surface area contributed by atoms with E-state index < -0.39 is 0 Å². The van der Waals surface area contributed by atoms with Crippen molar-refractivity contribution in [2.24, 2.45) is 5.92 Å². The average Bonchev–Trinajstić information content (AvgIpc) is 2.30. The third kappa shape index (κ3) is 2.14. The molecule has 1 aromatic rings. The number of hydrogen-bond donors (Lipinski definition) is 0. The maximum Gasteiger partial charge on any atom is 0.145 e. The summed E-state index contributed by atoms with van der Waals surface area (Å²) in [6.07, 6.45) is 8.62. The molecule has 0 saturated heterocycles. The molecule has 0 aromatic carbocycles. The van der Waals surface area contributed by atoms with Gasteiger partial charge in [0.25, 0.3) is 0 Å². The van der Waals surface area contributed by atoms with E-state index in [0.717, 1.165) is 24.7 Å². The zero-order chi connectivity index (χ0) is 10.7. The molecule has 0 radical (unpaired) electrons. The number of aldehydes is 1. The lowest BCUT2D eigenvalue weighted by atomic mass is 9.78. The second kappa shape index (κ2) is 4.39. The van der Waals surface area contributed by atoms with Crippen LogP contribution in [0.4, 0.5) is 0 Å². The van der Waals surface area contributed by atoms with Gasteiger partial charge in [-0.2, -0.15) is 0 Å². The summed E-state index contributed by atoms with van der Waals surface area (Å²) in [5, 5.41) is 0. The second-order valence-electron chi connectivity index (χ2n) is 4.21. The van der Waals surface area contributed by atoms with Crippen molar-refractivity contribution in [3.63, 3.8) is 0 Å². The Morgan fingerprint density at radius 3 is 3.00 bits per heavy atom. The number of aromatic nitrogens is 1. The van der Waals surface area contributed by atoms with Gasteiger partial charge in [-0.1, -0.05) is 19.1 Å². The first-order valence-corrected chi connectivity index (χ1v) is 5.35. The van der Waals surface area contributed by atoms with Gasteiger partial charge in [-0.05, 0) is 41.9 Å². The van der Waals surface area contributed by atoms with E-state index >= 15 is 0 Å². The standard InChI is InChI=1S/C13H15NO/c1-10-7-11(9-15)4-5-13(10)12-3-2-6-14-8-12/h2-4,6,8-10,13H,5,7H2,1H3/t10-,13?/m0/s1. The summed E-state index contributed by atoms with van der Waals surface area (Å²) < 4.78 is 0. The predicted octanol–water partition coefficient (Wildman–Crippen LogP) is 2.72. The molecule has 2 nitrogen and oxygen atoms in total. The fraction of sp³-hybridized carbons (Fsp3) is 0.385. The quantitative estimate of drug-likeness (QED) is 0.689. The highest BCUT2D eigenvalue weighted by Gasteiger charge is 2.23. The number of pyridine rings is 1. The van der Waals surface area contributed by atoms with Gasteiger partial charge in [0.2, 0.25) is 0 Å². The molecule has 1 unspecified atom stereocenters. The number of nitrogens with zero attached hydrogens (tertiary/aromatic N) is 1. The molecule has 0 bridgehead atoms. The molecule has 0 aliphatic heterocycles. The molecule has 2 rings (SSSR count). The third-order valence-electron chi connectivity index (χ3n) is 3.14. The maximum atomic E-state index is 10.7. The Labute approximate surface area is 90.0 Å². The summed E-state index contributed by atoms with van der Waals surface area (Å²) in [7, 11) is 0. The summed E-state index contributed by atoms with van der Waals surface area (Å²) >= 11 is 0. The van der Waals surface area contributed by atoms with Crippen LogP contribution in [0.1, 0.15) is 31.2 Å². The minimum Gasteiger partial charge on any atom is -0.298 e. The van der Waals surface area contributed by atoms with Crippen LogP contribution in [0.2, 0.25) is 0 Å². The molecule has 0 fully saturated rings. The van der Waals surface area contributed by atoms with Crippen LogP contribution in [0.25, 0.3) is 0 Å². The molecule has 15 heavy (non-hydrogen) atoms. The van der Waals surface area contributed by atoms with Crippen LogP contribution in [0.3, 0.4) is 0 Å². The average molecular weight is 201 g/mol. The Kier molecular flexibility index (Phi) is 2.95. The topological polar surface area (TPSA) is 30.0 Å². The monoisotopic (exact) mass is 201 g/mol. The number of rotatable bonds is 2. The highest BCUT2D eigenvalue weighted by Crippen LogP contribution is 2.35. The molecule has 0 saturated carbocycles. The van der Waals surface area contributed by atoms with E-state index in [1.807, 2.05) is 12.3 Å². The fourth-order valence-corrected chi connectivity index (χ4v) is 2.26. The Balaban J connectivity index is 2.19. The normalized spacial score (nSPS) is 25.8. The maximum absolute atomic E-state index is 10.7. The number of allylic oxidation sites excluding steroid dienone is 2. The third-order valence-corrected chi connectivity index (χ3v) is 3.14. The molecule has 1 aliphatic rings. The number of carbonyl (C=O) groups excluding carboxylic acids is 1. The van der Waals surface area contributed by atoms with Crippen LogP contribution in [-0.4, -0.2) is 11.3 Å². The summed E-state index contributed by atoms with van der Waals surface area (Å²) in [5.74, 6) is 1.04. The van der Waals surface area contributed by atoms with Crippen LogP contribution >= 0.6 is 0 Å². The lowest BCUT2D eigenvalue weighted by Gasteiger charge is -2.27. The van der Waals surface area contributed by atoms with Crippen molar-refractivity contribution in [2.75, 3.05) is 0 Å². The molecule has 1 aliphatic carbocycles. The van der Waals surface area contributed by atoms with Gasteiger partial charge in [-0.15, -0.1) is 0 Å². The largest absolute Gasteiger partial charge is 0.298 e. The highest BCUT2D eigenvalue weighted by atomic mass is 16.1. The van der Waals surface area contributed by atoms with Gasteiger partial charge < -0.3 is 0 Å². The van der Waals surface area contributed by atoms with E-state index in [2.05, 4.69) is 24.1 Å². The fourth-order valence-electron chi connectivity index (χ4n) is 2.26. The smallest absolute Gasteiger partial charge is 0.145 e. The Morgan fingerprint density at radius 1 is 1.53 bits per heavy atom. The first-order chi connectivity index (χ1) is 7.31. The van der Waals surface area contributed by atoms with Crippen molar-refractivity contribution in [3.8, 4) is 0 Å². The number of hydrogen-bond acceptors (Lipinski definition) is 2. The molecule has 0 amide bonds. The van der Waals surface area contributed by atoms with E-state index in [4.69, 9.17) is 0 Å². The van der Waals surface area contributed by atoms with Gasteiger partial charge in [0, 0.05) is 12.4 Å². The van der Waals surface area contributed by atoms with Crippen LogP contribution < -0.4 is 0 Å². The highest BCUT2D eigenvalue weighted by molar-refractivity contribution is 5.73. The van der Waals surface area contributed by atoms with Crippen molar-refractivity contribution < 1.29 is 4.79 Å². The van der Waals surface area contributed by atoms with Gasteiger partial charge in [-0.25, -0.2) is 0 Å². The summed E-state index contributed by atoms with van der Waals surface area (Å²) in [6.45, 7) is 2.20. The van der Waals surface area contributed by atoms with Crippen molar-refractivity contribution >= 4 is 6.29 Å². The Hall–Kier alpha value is -1.44. The van der Waals surface area contributed by atoms with Crippen LogP contribution in [0.5, 0.6) is 0 Å². The van der Waals surface area contributed by atoms with Crippen molar-refractivity contribution in [1.82, 2.24) is 4.98 Å². The zero-order valence-electron chi connectivity index (χ0n) is 8.89. The van der Waals surface area contributed by atoms with Gasteiger partial charge in [0.1, 0.15) is 6.29 Å². The molecule has 0 N–H and O–H groups in total. The predicted molar refractivity (Wildman–Crippen MR) is 59.5 cm³/mol. The minimum absolute atomic E-state index is 0.516. The first-order valence-electron chi connectivity index (χ1n) is 5.35. The molecular formula is C13H15NO. The molecule has 78 valence electrons. The van der Waals surface area contributed by atoms with Crippen LogP contribution in [-0.2, 0) is 4.79 Å². The Morgan fingerprint density at radius 2 is 2.40 bits per heavy atom. The summed E-state index contributed by atoms with van der Waals surface area (Å²) in [4.78, 5) is 14.8. The van der Waals surface area contributed by atoms with Crippen LogP contribution in [0.15, 0.2) is 36.2 Å². The van der Waals surface area contributed by atoms with Gasteiger partial charge in [0.05, 0.1) is 0 Å². The number of carbonyl (C=O) groups is 1. The molecule has 1 heterocycles. The van der Waals surface area contributed by atoms with Crippen molar-refractivity contribution in [2.45, 2.75) is 25.7 Å². The molecule has 0 spiro atoms. The molecular weight excluding hydrogens is 186 g/mol. The molecule has 2 atom stereocenters.